The first-order chi connectivity index (χ1) is 10.3. The van der Waals surface area contributed by atoms with Gasteiger partial charge >= 0.3 is 12.1 Å². The molecule has 0 atom stereocenters. The number of carboxylic acid groups (broad SMARTS) is 1. The van der Waals surface area contributed by atoms with Crippen LogP contribution in [0.5, 0.6) is 0 Å². The SMILES string of the molecule is O=C(O)c1nc2c(C(F)(F)F)cc(-c3nn[nH]n3)cn2c1Cl. The Morgan fingerprint density at radius 2 is 2.14 bits per heavy atom. The van der Waals surface area contributed by atoms with Gasteiger partial charge in [-0.2, -0.15) is 18.4 Å². The highest BCUT2D eigenvalue weighted by Gasteiger charge is 2.36. The fourth-order valence-electron chi connectivity index (χ4n) is 1.87. The lowest BCUT2D eigenvalue weighted by molar-refractivity contribution is -0.136. The van der Waals surface area contributed by atoms with E-state index in [-0.39, 0.29) is 11.4 Å². The van der Waals surface area contributed by atoms with Crippen molar-refractivity contribution in [2.75, 3.05) is 0 Å². The molecule has 0 unspecified atom stereocenters. The van der Waals surface area contributed by atoms with Crippen LogP contribution in [0.15, 0.2) is 12.3 Å². The fourth-order valence-corrected chi connectivity index (χ4v) is 2.12. The highest BCUT2D eigenvalue weighted by molar-refractivity contribution is 6.32. The van der Waals surface area contributed by atoms with E-state index in [9.17, 15) is 18.0 Å². The zero-order valence-electron chi connectivity index (χ0n) is 10.3. The van der Waals surface area contributed by atoms with Gasteiger partial charge in [0.2, 0.25) is 5.82 Å². The van der Waals surface area contributed by atoms with Crippen molar-refractivity contribution < 1.29 is 23.1 Å². The molecule has 114 valence electrons. The molecule has 3 aromatic rings. The van der Waals surface area contributed by atoms with E-state index in [2.05, 4.69) is 25.6 Å². The highest BCUT2D eigenvalue weighted by atomic mass is 35.5. The topological polar surface area (TPSA) is 109 Å². The molecule has 22 heavy (non-hydrogen) atoms. The van der Waals surface area contributed by atoms with Crippen LogP contribution in [0.3, 0.4) is 0 Å². The van der Waals surface area contributed by atoms with Crippen LogP contribution in [-0.4, -0.2) is 41.1 Å². The van der Waals surface area contributed by atoms with Crippen LogP contribution >= 0.6 is 11.6 Å². The minimum Gasteiger partial charge on any atom is -0.476 e. The largest absolute Gasteiger partial charge is 0.476 e. The van der Waals surface area contributed by atoms with Crippen LogP contribution in [0.25, 0.3) is 17.0 Å². The Kier molecular flexibility index (Phi) is 3.02. The van der Waals surface area contributed by atoms with Crippen LogP contribution in [0.1, 0.15) is 16.1 Å². The minimum atomic E-state index is -4.77. The summed E-state index contributed by atoms with van der Waals surface area (Å²) < 4.78 is 40.3. The fraction of sp³-hybridized carbons (Fsp3) is 0.100. The lowest BCUT2D eigenvalue weighted by Gasteiger charge is -2.09. The van der Waals surface area contributed by atoms with Crippen LogP contribution in [-0.2, 0) is 6.18 Å². The maximum atomic E-state index is 13.2. The molecule has 12 heteroatoms. The predicted octanol–water partition coefficient (Wildman–Crippen LogP) is 1.88. The number of aromatic nitrogens is 6. The number of nitrogens with zero attached hydrogens (tertiary/aromatic N) is 5. The van der Waals surface area contributed by atoms with Crippen molar-refractivity contribution in [1.29, 1.82) is 0 Å². The third-order valence-electron chi connectivity index (χ3n) is 2.77. The monoisotopic (exact) mass is 332 g/mol. The number of pyridine rings is 1. The summed E-state index contributed by atoms with van der Waals surface area (Å²) in [5, 5.41) is 21.0. The van der Waals surface area contributed by atoms with Gasteiger partial charge in [0.1, 0.15) is 5.15 Å². The average Bonchev–Trinajstić information content (AvgIpc) is 3.05. The molecule has 0 aliphatic rings. The number of alkyl halides is 3. The summed E-state index contributed by atoms with van der Waals surface area (Å²) in [5.74, 6) is -1.64. The lowest BCUT2D eigenvalue weighted by atomic mass is 10.2. The van der Waals surface area contributed by atoms with E-state index in [4.69, 9.17) is 16.7 Å². The number of nitrogens with one attached hydrogen (secondary N) is 1. The molecule has 0 amide bonds. The second-order valence-electron chi connectivity index (χ2n) is 4.13. The van der Waals surface area contributed by atoms with Crippen LogP contribution in [0.4, 0.5) is 13.2 Å². The summed E-state index contributed by atoms with van der Waals surface area (Å²) in [6, 6.07) is 0.745. The molecule has 0 saturated carbocycles. The Morgan fingerprint density at radius 1 is 1.41 bits per heavy atom. The van der Waals surface area contributed by atoms with Gasteiger partial charge in [-0.25, -0.2) is 9.78 Å². The summed E-state index contributed by atoms with van der Waals surface area (Å²) in [6.45, 7) is 0. The molecule has 3 rings (SSSR count). The third-order valence-corrected chi connectivity index (χ3v) is 3.13. The maximum absolute atomic E-state index is 13.2. The summed E-state index contributed by atoms with van der Waals surface area (Å²) >= 11 is 5.80. The Bertz CT molecular complexity index is 873. The van der Waals surface area contributed by atoms with Crippen molar-refractivity contribution in [2.45, 2.75) is 6.18 Å². The van der Waals surface area contributed by atoms with Crippen molar-refractivity contribution in [3.63, 3.8) is 0 Å². The average molecular weight is 333 g/mol. The zero-order chi connectivity index (χ0) is 16.1. The first-order valence-electron chi connectivity index (χ1n) is 5.55. The molecule has 0 aliphatic carbocycles. The molecule has 0 aromatic carbocycles. The first kappa shape index (κ1) is 14.3. The summed E-state index contributed by atoms with van der Waals surface area (Å²) in [5.41, 5.74) is -2.52. The van der Waals surface area contributed by atoms with Crippen molar-refractivity contribution >= 4 is 23.2 Å². The number of aromatic amines is 1. The molecule has 0 saturated heterocycles. The molecule has 8 nitrogen and oxygen atoms in total. The molecule has 0 fully saturated rings. The van der Waals surface area contributed by atoms with Crippen LogP contribution in [0, 0.1) is 0 Å². The van der Waals surface area contributed by atoms with Crippen LogP contribution < -0.4 is 0 Å². The van der Waals surface area contributed by atoms with Crippen molar-refractivity contribution in [2.24, 2.45) is 0 Å². The number of H-pyrrole nitrogens is 1. The Labute approximate surface area is 123 Å². The van der Waals surface area contributed by atoms with Gasteiger partial charge in [-0.15, -0.1) is 10.2 Å². The molecule has 0 radical (unpaired) electrons. The minimum absolute atomic E-state index is 0.0511. The molecular weight excluding hydrogens is 329 g/mol. The number of halogens is 4. The van der Waals surface area contributed by atoms with Gasteiger partial charge in [-0.05, 0) is 11.3 Å². The van der Waals surface area contributed by atoms with E-state index >= 15 is 0 Å². The van der Waals surface area contributed by atoms with Crippen LogP contribution in [0.2, 0.25) is 5.15 Å². The Morgan fingerprint density at radius 3 is 2.68 bits per heavy atom. The number of aromatic carboxylic acids is 1. The smallest absolute Gasteiger partial charge is 0.420 e. The number of fused-ring (bicyclic) bond motifs is 1. The van der Waals surface area contributed by atoms with Gasteiger partial charge in [-0.1, -0.05) is 11.6 Å². The molecule has 2 N–H and O–H groups in total. The molecular formula is C10H4ClF3N6O2. The third kappa shape index (κ3) is 2.15. The van der Waals surface area contributed by atoms with Gasteiger partial charge in [0.05, 0.1) is 5.56 Å². The number of imidazole rings is 1. The molecule has 0 aliphatic heterocycles. The van der Waals surface area contributed by atoms with Crippen molar-refractivity contribution in [3.8, 4) is 11.4 Å². The number of carbonyl (C=O) groups is 1. The maximum Gasteiger partial charge on any atom is 0.420 e. The highest BCUT2D eigenvalue weighted by Crippen LogP contribution is 2.36. The first-order valence-corrected chi connectivity index (χ1v) is 5.92. The predicted molar refractivity (Wildman–Crippen MR) is 65.3 cm³/mol. The zero-order valence-corrected chi connectivity index (χ0v) is 11.0. The van der Waals surface area contributed by atoms with E-state index in [1.807, 2.05) is 0 Å². The normalized spacial score (nSPS) is 12.0. The van der Waals surface area contributed by atoms with E-state index < -0.39 is 34.2 Å². The summed E-state index contributed by atoms with van der Waals surface area (Å²) in [6.07, 6.45) is -3.62. The van der Waals surface area contributed by atoms with Gasteiger partial charge < -0.3 is 5.11 Å². The van der Waals surface area contributed by atoms with Crippen molar-refractivity contribution in [1.82, 2.24) is 30.0 Å². The Hall–Kier alpha value is -2.69. The molecule has 3 heterocycles. The molecule has 0 spiro atoms. The second kappa shape index (κ2) is 4.66. The number of hydrogen-bond acceptors (Lipinski definition) is 5. The number of rotatable bonds is 2. The summed E-state index contributed by atoms with van der Waals surface area (Å²) in [7, 11) is 0. The van der Waals surface area contributed by atoms with Gasteiger partial charge in [0.25, 0.3) is 0 Å². The van der Waals surface area contributed by atoms with E-state index in [1.54, 1.807) is 0 Å². The van der Waals surface area contributed by atoms with E-state index in [0.29, 0.717) is 0 Å². The number of hydrogen-bond donors (Lipinski definition) is 2. The van der Waals surface area contributed by atoms with E-state index in [1.165, 1.54) is 0 Å². The Balaban J connectivity index is 2.39. The van der Waals surface area contributed by atoms with E-state index in [0.717, 1.165) is 16.7 Å². The quantitative estimate of drug-likeness (QED) is 0.741. The van der Waals surface area contributed by atoms with Gasteiger partial charge in [0.15, 0.2) is 11.3 Å². The van der Waals surface area contributed by atoms with Crippen molar-refractivity contribution in [3.05, 3.63) is 28.7 Å². The molecule has 3 aromatic heterocycles. The second-order valence-corrected chi connectivity index (χ2v) is 4.48. The lowest BCUT2D eigenvalue weighted by Crippen LogP contribution is -2.08. The number of tetrazole rings is 1. The summed E-state index contributed by atoms with van der Waals surface area (Å²) in [4.78, 5) is 14.4. The number of carboxylic acids is 1. The molecule has 0 bridgehead atoms. The van der Waals surface area contributed by atoms with Gasteiger partial charge in [0, 0.05) is 11.8 Å². The standard InChI is InChI=1S/C10H4ClF3N6O2/c11-6-5(9(21)22)15-8-4(10(12,13)14)1-3(2-20(6)8)7-16-18-19-17-7/h1-2H,(H,21,22)(H,16,17,18,19). The van der Waals surface area contributed by atoms with Gasteiger partial charge in [-0.3, -0.25) is 4.40 Å².